The molecule has 14 heavy (non-hydrogen) atoms. The highest BCUT2D eigenvalue weighted by Gasteiger charge is 2.23. The molecule has 2 heterocycles. The number of nitrogens with zero attached hydrogens (tertiary/aromatic N) is 1. The van der Waals surface area contributed by atoms with Gasteiger partial charge in [0.25, 0.3) is 0 Å². The number of aromatic nitrogens is 2. The summed E-state index contributed by atoms with van der Waals surface area (Å²) in [5, 5.41) is 3.57. The highest BCUT2D eigenvalue weighted by Crippen LogP contribution is 2.23. The maximum Gasteiger partial charge on any atom is 0.0925 e. The lowest BCUT2D eigenvalue weighted by Gasteiger charge is -2.15. The predicted octanol–water partition coefficient (Wildman–Crippen LogP) is 1.56. The van der Waals surface area contributed by atoms with Gasteiger partial charge in [-0.3, -0.25) is 0 Å². The van der Waals surface area contributed by atoms with Crippen LogP contribution in [0.4, 0.5) is 0 Å². The Balaban J connectivity index is 1.85. The van der Waals surface area contributed by atoms with Crippen LogP contribution in [0.5, 0.6) is 0 Å². The molecule has 0 amide bonds. The monoisotopic (exact) mass is 211 g/mol. The molecule has 1 aliphatic rings. The molecular weight excluding hydrogens is 194 g/mol. The second kappa shape index (κ2) is 4.36. The Morgan fingerprint density at radius 1 is 1.64 bits per heavy atom. The lowest BCUT2D eigenvalue weighted by molar-refractivity contribution is 0.450. The number of imidazole rings is 1. The third kappa shape index (κ3) is 2.12. The second-order valence-corrected chi connectivity index (χ2v) is 5.05. The Morgan fingerprint density at radius 2 is 2.50 bits per heavy atom. The normalized spacial score (nSPS) is 27.0. The molecule has 1 aromatic heterocycles. The van der Waals surface area contributed by atoms with Gasteiger partial charge in [-0.1, -0.05) is 6.92 Å². The van der Waals surface area contributed by atoms with E-state index in [2.05, 4.69) is 29.1 Å². The summed E-state index contributed by atoms with van der Waals surface area (Å²) < 4.78 is 0. The van der Waals surface area contributed by atoms with Crippen molar-refractivity contribution in [2.24, 2.45) is 5.92 Å². The van der Waals surface area contributed by atoms with Crippen LogP contribution in [0.3, 0.4) is 0 Å². The third-order valence-corrected chi connectivity index (χ3v) is 4.19. The molecule has 4 heteroatoms. The molecule has 0 bridgehead atoms. The van der Waals surface area contributed by atoms with Gasteiger partial charge in [-0.2, -0.15) is 11.8 Å². The van der Waals surface area contributed by atoms with Crippen molar-refractivity contribution in [3.8, 4) is 0 Å². The predicted molar refractivity (Wildman–Crippen MR) is 60.4 cm³/mol. The molecule has 1 fully saturated rings. The number of aryl methyl sites for hydroxylation is 1. The summed E-state index contributed by atoms with van der Waals surface area (Å²) in [6, 6.07) is 0.663. The Labute approximate surface area is 89.1 Å². The molecule has 1 aliphatic heterocycles. The van der Waals surface area contributed by atoms with E-state index in [9.17, 15) is 0 Å². The number of nitrogens with one attached hydrogen (secondary N) is 2. The van der Waals surface area contributed by atoms with Gasteiger partial charge in [0.05, 0.1) is 12.0 Å². The van der Waals surface area contributed by atoms with Crippen LogP contribution in [0, 0.1) is 12.8 Å². The molecule has 0 aromatic carbocycles. The van der Waals surface area contributed by atoms with Crippen molar-refractivity contribution in [2.45, 2.75) is 26.4 Å². The summed E-state index contributed by atoms with van der Waals surface area (Å²) in [5.41, 5.74) is 2.32. The van der Waals surface area contributed by atoms with E-state index >= 15 is 0 Å². The van der Waals surface area contributed by atoms with Crippen molar-refractivity contribution in [3.63, 3.8) is 0 Å². The summed E-state index contributed by atoms with van der Waals surface area (Å²) in [6.07, 6.45) is 1.76. The van der Waals surface area contributed by atoms with Gasteiger partial charge in [0.15, 0.2) is 0 Å². The van der Waals surface area contributed by atoms with Crippen LogP contribution in [-0.4, -0.2) is 27.5 Å². The molecule has 2 rings (SSSR count). The van der Waals surface area contributed by atoms with E-state index in [-0.39, 0.29) is 0 Å². The van der Waals surface area contributed by atoms with Gasteiger partial charge in [-0.25, -0.2) is 4.98 Å². The van der Waals surface area contributed by atoms with E-state index in [0.29, 0.717) is 6.04 Å². The summed E-state index contributed by atoms with van der Waals surface area (Å²) in [6.45, 7) is 5.27. The largest absolute Gasteiger partial charge is 0.348 e. The molecule has 3 nitrogen and oxygen atoms in total. The van der Waals surface area contributed by atoms with Crippen LogP contribution in [0.2, 0.25) is 0 Å². The minimum Gasteiger partial charge on any atom is -0.348 e. The average molecular weight is 211 g/mol. The molecule has 78 valence electrons. The quantitative estimate of drug-likeness (QED) is 0.797. The van der Waals surface area contributed by atoms with E-state index in [1.54, 1.807) is 6.33 Å². The van der Waals surface area contributed by atoms with Gasteiger partial charge in [0.2, 0.25) is 0 Å². The van der Waals surface area contributed by atoms with Crippen molar-refractivity contribution in [2.75, 3.05) is 11.5 Å². The van der Waals surface area contributed by atoms with Gasteiger partial charge in [0.1, 0.15) is 0 Å². The molecule has 1 aromatic rings. The molecule has 2 N–H and O–H groups in total. The maximum absolute atomic E-state index is 4.28. The molecule has 1 saturated heterocycles. The van der Waals surface area contributed by atoms with Crippen molar-refractivity contribution in [3.05, 3.63) is 17.7 Å². The minimum atomic E-state index is 0.663. The third-order valence-electron chi connectivity index (χ3n) is 2.83. The van der Waals surface area contributed by atoms with E-state index in [1.165, 1.54) is 17.2 Å². The van der Waals surface area contributed by atoms with E-state index in [1.807, 2.05) is 11.8 Å². The molecule has 0 aliphatic carbocycles. The average Bonchev–Trinajstić information content (AvgIpc) is 2.72. The van der Waals surface area contributed by atoms with Crippen LogP contribution >= 0.6 is 11.8 Å². The number of rotatable bonds is 3. The van der Waals surface area contributed by atoms with Crippen LogP contribution in [0.1, 0.15) is 18.3 Å². The van der Waals surface area contributed by atoms with Gasteiger partial charge >= 0.3 is 0 Å². The Morgan fingerprint density at radius 3 is 3.07 bits per heavy atom. The zero-order chi connectivity index (χ0) is 9.97. The smallest absolute Gasteiger partial charge is 0.0925 e. The highest BCUT2D eigenvalue weighted by molar-refractivity contribution is 7.99. The minimum absolute atomic E-state index is 0.663. The molecular formula is C10H17N3S. The Hall–Kier alpha value is -0.480. The molecule has 0 radical (unpaired) electrons. The maximum atomic E-state index is 4.28. The molecule has 0 saturated carbocycles. The summed E-state index contributed by atoms with van der Waals surface area (Å²) in [7, 11) is 0. The second-order valence-electron chi connectivity index (χ2n) is 3.98. The number of hydrogen-bond acceptors (Lipinski definition) is 3. The number of thioether (sulfide) groups is 1. The summed E-state index contributed by atoms with van der Waals surface area (Å²) in [5.74, 6) is 3.32. The first-order valence-electron chi connectivity index (χ1n) is 5.07. The highest BCUT2D eigenvalue weighted by atomic mass is 32.2. The number of H-pyrrole nitrogens is 1. The fourth-order valence-electron chi connectivity index (χ4n) is 1.71. The van der Waals surface area contributed by atoms with Crippen LogP contribution in [-0.2, 0) is 6.54 Å². The van der Waals surface area contributed by atoms with Crippen molar-refractivity contribution >= 4 is 11.8 Å². The van der Waals surface area contributed by atoms with Crippen molar-refractivity contribution in [1.82, 2.24) is 15.3 Å². The topological polar surface area (TPSA) is 40.7 Å². The van der Waals surface area contributed by atoms with E-state index in [0.717, 1.165) is 18.2 Å². The van der Waals surface area contributed by atoms with Crippen LogP contribution < -0.4 is 5.32 Å². The number of hydrogen-bond donors (Lipinski definition) is 2. The molecule has 2 unspecified atom stereocenters. The van der Waals surface area contributed by atoms with Crippen molar-refractivity contribution in [1.29, 1.82) is 0 Å². The van der Waals surface area contributed by atoms with Gasteiger partial charge in [-0.15, -0.1) is 0 Å². The Bertz CT molecular complexity index is 297. The van der Waals surface area contributed by atoms with Gasteiger partial charge in [-0.05, 0) is 18.6 Å². The van der Waals surface area contributed by atoms with Gasteiger partial charge in [0, 0.05) is 24.0 Å². The van der Waals surface area contributed by atoms with Crippen LogP contribution in [0.25, 0.3) is 0 Å². The lowest BCUT2D eigenvalue weighted by atomic mass is 10.1. The number of aromatic amines is 1. The molecule has 2 atom stereocenters. The summed E-state index contributed by atoms with van der Waals surface area (Å²) >= 11 is 2.04. The standard InChI is InChI=1S/C10H17N3S/c1-7-4-14-5-10(7)11-3-9-8(2)12-6-13-9/h6-7,10-11H,3-5H2,1-2H3,(H,12,13). The summed E-state index contributed by atoms with van der Waals surface area (Å²) in [4.78, 5) is 7.38. The zero-order valence-electron chi connectivity index (χ0n) is 8.71. The van der Waals surface area contributed by atoms with E-state index in [4.69, 9.17) is 0 Å². The zero-order valence-corrected chi connectivity index (χ0v) is 9.53. The SMILES string of the molecule is Cc1[nH]cnc1CNC1CSCC1C. The van der Waals surface area contributed by atoms with E-state index < -0.39 is 0 Å². The molecule has 0 spiro atoms. The van der Waals surface area contributed by atoms with Gasteiger partial charge < -0.3 is 10.3 Å². The first-order valence-corrected chi connectivity index (χ1v) is 6.23. The Kier molecular flexibility index (Phi) is 3.13. The van der Waals surface area contributed by atoms with Crippen LogP contribution in [0.15, 0.2) is 6.33 Å². The lowest BCUT2D eigenvalue weighted by Crippen LogP contribution is -2.33. The first-order chi connectivity index (χ1) is 6.77. The first kappa shape index (κ1) is 10.1. The fraction of sp³-hybridized carbons (Fsp3) is 0.700. The van der Waals surface area contributed by atoms with Crippen molar-refractivity contribution < 1.29 is 0 Å². The fourth-order valence-corrected chi connectivity index (χ4v) is 3.16.